The van der Waals surface area contributed by atoms with Gasteiger partial charge in [-0.05, 0) is 42.8 Å². The second-order valence-corrected chi connectivity index (χ2v) is 9.65. The fraction of sp³-hybridized carbons (Fsp3) is 0.333. The van der Waals surface area contributed by atoms with Gasteiger partial charge in [-0.1, -0.05) is 29.8 Å². The summed E-state index contributed by atoms with van der Waals surface area (Å²) in [4.78, 5) is 26.9. The molecule has 0 bridgehead atoms. The fourth-order valence-corrected chi connectivity index (χ4v) is 4.18. The number of benzene rings is 2. The van der Waals surface area contributed by atoms with Crippen LogP contribution in [-0.2, 0) is 26.3 Å². The summed E-state index contributed by atoms with van der Waals surface area (Å²) in [6.45, 7) is 0.931. The van der Waals surface area contributed by atoms with Gasteiger partial charge >= 0.3 is 10.2 Å². The molecule has 1 atom stereocenters. The summed E-state index contributed by atoms with van der Waals surface area (Å²) in [5.74, 6) is -1.60. The van der Waals surface area contributed by atoms with E-state index in [1.165, 1.54) is 45.1 Å². The van der Waals surface area contributed by atoms with Crippen LogP contribution in [0.25, 0.3) is 0 Å². The van der Waals surface area contributed by atoms with Gasteiger partial charge in [-0.25, -0.2) is 8.70 Å². The lowest BCUT2D eigenvalue weighted by atomic mass is 10.1. The molecule has 0 unspecified atom stereocenters. The monoisotopic (exact) mass is 484 g/mol. The van der Waals surface area contributed by atoms with Gasteiger partial charge in [0.15, 0.2) is 0 Å². The molecule has 0 aliphatic rings. The molecule has 2 aromatic carbocycles. The summed E-state index contributed by atoms with van der Waals surface area (Å²) in [5, 5.41) is 2.90. The summed E-state index contributed by atoms with van der Waals surface area (Å²) < 4.78 is 41.1. The third-order valence-electron chi connectivity index (χ3n) is 4.85. The summed E-state index contributed by atoms with van der Waals surface area (Å²) in [7, 11) is -0.00433. The van der Waals surface area contributed by atoms with E-state index in [2.05, 4.69) is 5.32 Å². The second-order valence-electron chi connectivity index (χ2n) is 7.18. The van der Waals surface area contributed by atoms with Crippen molar-refractivity contribution in [2.45, 2.75) is 19.5 Å². The highest BCUT2D eigenvalue weighted by atomic mass is 35.5. The number of amides is 2. The molecule has 0 saturated carbocycles. The van der Waals surface area contributed by atoms with Crippen LogP contribution in [0, 0.1) is 5.82 Å². The number of hydrogen-bond donors (Lipinski definition) is 1. The first-order valence-electron chi connectivity index (χ1n) is 9.69. The zero-order valence-corrected chi connectivity index (χ0v) is 19.8. The zero-order valence-electron chi connectivity index (χ0n) is 18.2. The van der Waals surface area contributed by atoms with E-state index in [1.807, 2.05) is 0 Å². The minimum absolute atomic E-state index is 0.00758. The number of nitrogens with zero attached hydrogens (tertiary/aromatic N) is 3. The van der Waals surface area contributed by atoms with Crippen molar-refractivity contribution in [1.29, 1.82) is 0 Å². The molecule has 11 heteroatoms. The molecule has 1 N–H and O–H groups in total. The third-order valence-corrected chi connectivity index (χ3v) is 7.03. The zero-order chi connectivity index (χ0) is 24.1. The quantitative estimate of drug-likeness (QED) is 0.591. The maximum Gasteiger partial charge on any atom is 0.304 e. The highest BCUT2D eigenvalue weighted by molar-refractivity contribution is 7.90. The van der Waals surface area contributed by atoms with Gasteiger partial charge in [0.1, 0.15) is 18.4 Å². The van der Waals surface area contributed by atoms with E-state index in [1.54, 1.807) is 24.3 Å². The lowest BCUT2D eigenvalue weighted by molar-refractivity contribution is -0.139. The van der Waals surface area contributed by atoms with Gasteiger partial charge in [-0.3, -0.25) is 9.59 Å². The molecule has 0 aliphatic heterocycles. The van der Waals surface area contributed by atoms with Gasteiger partial charge in [0.05, 0.1) is 5.69 Å². The van der Waals surface area contributed by atoms with Crippen molar-refractivity contribution < 1.29 is 22.4 Å². The summed E-state index contributed by atoms with van der Waals surface area (Å²) in [6.07, 6.45) is 0. The Labute approximate surface area is 192 Å². The Balaban J connectivity index is 2.45. The van der Waals surface area contributed by atoms with Crippen molar-refractivity contribution in [2.75, 3.05) is 32.0 Å². The van der Waals surface area contributed by atoms with Gasteiger partial charge in [-0.15, -0.1) is 0 Å². The van der Waals surface area contributed by atoms with Crippen LogP contribution in [-0.4, -0.2) is 63.2 Å². The summed E-state index contributed by atoms with van der Waals surface area (Å²) in [5.41, 5.74) is 0.709. The topological polar surface area (TPSA) is 90.0 Å². The van der Waals surface area contributed by atoms with E-state index in [-0.39, 0.29) is 12.2 Å². The van der Waals surface area contributed by atoms with Gasteiger partial charge in [0, 0.05) is 32.7 Å². The number of anilines is 1. The van der Waals surface area contributed by atoms with Crippen LogP contribution >= 0.6 is 11.6 Å². The summed E-state index contributed by atoms with van der Waals surface area (Å²) >= 11 is 6.23. The molecule has 2 amide bonds. The number of nitrogens with one attached hydrogen (secondary N) is 1. The van der Waals surface area contributed by atoms with Crippen molar-refractivity contribution in [3.05, 3.63) is 64.9 Å². The van der Waals surface area contributed by atoms with Crippen molar-refractivity contribution in [3.63, 3.8) is 0 Å². The first-order valence-corrected chi connectivity index (χ1v) is 11.5. The molecule has 0 fully saturated rings. The maximum atomic E-state index is 13.4. The first kappa shape index (κ1) is 25.6. The number of rotatable bonds is 9. The van der Waals surface area contributed by atoms with Crippen LogP contribution < -0.4 is 9.62 Å². The number of likely N-dealkylation sites (N-methyl/N-ethyl adjacent to an activating group) is 1. The van der Waals surface area contributed by atoms with Crippen LogP contribution in [0.15, 0.2) is 48.5 Å². The van der Waals surface area contributed by atoms with Crippen LogP contribution in [0.2, 0.25) is 5.02 Å². The molecule has 2 aromatic rings. The number of carbonyl (C=O) groups excluding carboxylic acids is 2. The minimum atomic E-state index is -4.10. The van der Waals surface area contributed by atoms with Crippen molar-refractivity contribution in [3.8, 4) is 0 Å². The first-order chi connectivity index (χ1) is 15.0. The molecule has 32 heavy (non-hydrogen) atoms. The Kier molecular flexibility index (Phi) is 8.59. The molecular weight excluding hydrogens is 459 g/mol. The Hall–Kier alpha value is -2.69. The molecular formula is C21H26ClFN4O4S. The number of carbonyl (C=O) groups is 2. The molecule has 0 aromatic heterocycles. The van der Waals surface area contributed by atoms with Gasteiger partial charge < -0.3 is 10.2 Å². The van der Waals surface area contributed by atoms with Gasteiger partial charge in [0.25, 0.3) is 0 Å². The smallest absolute Gasteiger partial charge is 0.304 e. The molecule has 0 saturated heterocycles. The third kappa shape index (κ3) is 5.96. The molecule has 0 aliphatic carbocycles. The van der Waals surface area contributed by atoms with Crippen molar-refractivity contribution >= 4 is 39.3 Å². The molecule has 0 spiro atoms. The molecule has 2 rings (SSSR count). The normalized spacial score (nSPS) is 12.3. The highest BCUT2D eigenvalue weighted by Crippen LogP contribution is 2.22. The Morgan fingerprint density at radius 1 is 1.09 bits per heavy atom. The predicted octanol–water partition coefficient (Wildman–Crippen LogP) is 2.26. The maximum absolute atomic E-state index is 13.4. The Morgan fingerprint density at radius 2 is 1.69 bits per heavy atom. The molecule has 174 valence electrons. The Morgan fingerprint density at radius 3 is 2.22 bits per heavy atom. The van der Waals surface area contributed by atoms with Gasteiger partial charge in [-0.2, -0.15) is 12.7 Å². The average molecular weight is 485 g/mol. The van der Waals surface area contributed by atoms with E-state index >= 15 is 0 Å². The predicted molar refractivity (Wildman–Crippen MR) is 122 cm³/mol. The van der Waals surface area contributed by atoms with E-state index in [9.17, 15) is 22.4 Å². The van der Waals surface area contributed by atoms with Crippen LogP contribution in [0.1, 0.15) is 12.5 Å². The lowest BCUT2D eigenvalue weighted by Gasteiger charge is -2.32. The van der Waals surface area contributed by atoms with E-state index in [4.69, 9.17) is 11.6 Å². The van der Waals surface area contributed by atoms with E-state index in [0.29, 0.717) is 10.6 Å². The van der Waals surface area contributed by atoms with Crippen LogP contribution in [0.3, 0.4) is 0 Å². The number of hydrogen-bond acceptors (Lipinski definition) is 4. The molecule has 0 heterocycles. The summed E-state index contributed by atoms with van der Waals surface area (Å²) in [6, 6.07) is 10.7. The van der Waals surface area contributed by atoms with Gasteiger partial charge in [0.2, 0.25) is 11.8 Å². The highest BCUT2D eigenvalue weighted by Gasteiger charge is 2.32. The van der Waals surface area contributed by atoms with E-state index < -0.39 is 40.4 Å². The molecule has 8 nitrogen and oxygen atoms in total. The van der Waals surface area contributed by atoms with Crippen LogP contribution in [0.5, 0.6) is 0 Å². The van der Waals surface area contributed by atoms with Crippen LogP contribution in [0.4, 0.5) is 10.1 Å². The largest absolute Gasteiger partial charge is 0.357 e. The van der Waals surface area contributed by atoms with Crippen molar-refractivity contribution in [2.24, 2.45) is 0 Å². The second kappa shape index (κ2) is 10.8. The van der Waals surface area contributed by atoms with Crippen molar-refractivity contribution in [1.82, 2.24) is 14.5 Å². The number of halogens is 2. The molecule has 0 radical (unpaired) electrons. The Bertz CT molecular complexity index is 1060. The minimum Gasteiger partial charge on any atom is -0.357 e. The SMILES string of the molecule is CNC(=O)[C@@H](C)N(Cc1ccccc1Cl)C(=O)CN(c1ccc(F)cc1)S(=O)(=O)N(C)C. The lowest BCUT2D eigenvalue weighted by Crippen LogP contribution is -2.52. The standard InChI is InChI=1S/C21H26ClFN4O4S/c1-15(21(29)24-2)26(13-16-7-5-6-8-19(16)22)20(28)14-27(32(30,31)25(3)4)18-11-9-17(23)10-12-18/h5-12,15H,13-14H2,1-4H3,(H,24,29)/t15-/m1/s1. The average Bonchev–Trinajstić information content (AvgIpc) is 2.76. The fourth-order valence-electron chi connectivity index (χ4n) is 2.93. The van der Waals surface area contributed by atoms with E-state index in [0.717, 1.165) is 20.7 Å².